The number of carbonyl (C=O) groups is 2. The van der Waals surface area contributed by atoms with Gasteiger partial charge in [0.15, 0.2) is 6.61 Å². The Balaban J connectivity index is 1.55. The lowest BCUT2D eigenvalue weighted by Crippen LogP contribution is -2.17. The zero-order valence-electron chi connectivity index (χ0n) is 18.8. The first-order valence-corrected chi connectivity index (χ1v) is 10.7. The lowest BCUT2D eigenvalue weighted by Gasteiger charge is -2.13. The molecule has 0 fully saturated rings. The van der Waals surface area contributed by atoms with Crippen LogP contribution in [0, 0.1) is 20.8 Å². The second kappa shape index (κ2) is 8.83. The number of para-hydroxylation sites is 1. The minimum absolute atomic E-state index is 0.233. The van der Waals surface area contributed by atoms with Gasteiger partial charge >= 0.3 is 5.97 Å². The summed E-state index contributed by atoms with van der Waals surface area (Å²) in [7, 11) is 0. The Morgan fingerprint density at radius 2 is 1.88 bits per heavy atom. The van der Waals surface area contributed by atoms with Crippen molar-refractivity contribution in [2.45, 2.75) is 40.7 Å². The number of fused-ring (bicyclic) bond motifs is 1. The van der Waals surface area contributed by atoms with E-state index in [4.69, 9.17) is 9.15 Å². The van der Waals surface area contributed by atoms with Gasteiger partial charge in [0.1, 0.15) is 5.76 Å². The van der Waals surface area contributed by atoms with E-state index >= 15 is 0 Å². The van der Waals surface area contributed by atoms with E-state index in [2.05, 4.69) is 4.98 Å². The summed E-state index contributed by atoms with van der Waals surface area (Å²) in [5.74, 6) is 0.0708. The smallest absolute Gasteiger partial charge is 0.339 e. The van der Waals surface area contributed by atoms with Crippen molar-refractivity contribution >= 4 is 22.7 Å². The first kappa shape index (κ1) is 21.6. The highest BCUT2D eigenvalue weighted by atomic mass is 16.5. The van der Waals surface area contributed by atoms with Crippen LogP contribution in [-0.2, 0) is 17.7 Å². The highest BCUT2D eigenvalue weighted by Crippen LogP contribution is 2.25. The van der Waals surface area contributed by atoms with Gasteiger partial charge in [-0.25, -0.2) is 4.79 Å². The van der Waals surface area contributed by atoms with E-state index < -0.39 is 5.97 Å². The summed E-state index contributed by atoms with van der Waals surface area (Å²) in [5.41, 5.74) is 5.17. The van der Waals surface area contributed by atoms with Gasteiger partial charge in [-0.3, -0.25) is 9.78 Å². The molecule has 0 bridgehead atoms. The van der Waals surface area contributed by atoms with E-state index in [0.29, 0.717) is 24.1 Å². The Morgan fingerprint density at radius 3 is 2.59 bits per heavy atom. The Hall–Kier alpha value is -3.67. The molecule has 164 valence electrons. The molecule has 0 N–H and O–H groups in total. The number of benzene rings is 1. The molecule has 3 aromatic heterocycles. The third-order valence-corrected chi connectivity index (χ3v) is 5.88. The fourth-order valence-corrected chi connectivity index (χ4v) is 4.13. The first-order valence-electron chi connectivity index (χ1n) is 10.7. The zero-order valence-corrected chi connectivity index (χ0v) is 18.8. The number of ether oxygens (including phenoxy) is 1. The number of hydrogen-bond donors (Lipinski definition) is 0. The van der Waals surface area contributed by atoms with Gasteiger partial charge in [0.05, 0.1) is 23.9 Å². The van der Waals surface area contributed by atoms with Crippen molar-refractivity contribution in [3.8, 4) is 0 Å². The lowest BCUT2D eigenvalue weighted by atomic mass is 10.0. The predicted octanol–water partition coefficient (Wildman–Crippen LogP) is 5.20. The van der Waals surface area contributed by atoms with Gasteiger partial charge < -0.3 is 13.7 Å². The van der Waals surface area contributed by atoms with Crippen molar-refractivity contribution in [2.75, 3.05) is 6.61 Å². The number of rotatable bonds is 7. The van der Waals surface area contributed by atoms with Crippen LogP contribution in [0.2, 0.25) is 0 Å². The molecule has 0 amide bonds. The molecule has 1 aromatic carbocycles. The molecular formula is C26H26N2O4. The minimum atomic E-state index is -0.506. The maximum absolute atomic E-state index is 13.0. The van der Waals surface area contributed by atoms with Gasteiger partial charge in [0, 0.05) is 28.0 Å². The average Bonchev–Trinajstić information content (AvgIpc) is 3.40. The molecule has 0 saturated heterocycles. The highest BCUT2D eigenvalue weighted by Gasteiger charge is 2.22. The summed E-state index contributed by atoms with van der Waals surface area (Å²) in [4.78, 5) is 30.6. The van der Waals surface area contributed by atoms with E-state index in [1.165, 1.54) is 0 Å². The highest BCUT2D eigenvalue weighted by molar-refractivity contribution is 6.06. The average molecular weight is 431 g/mol. The van der Waals surface area contributed by atoms with Crippen LogP contribution in [0.4, 0.5) is 0 Å². The van der Waals surface area contributed by atoms with Crippen LogP contribution in [0.25, 0.3) is 10.9 Å². The van der Waals surface area contributed by atoms with E-state index in [1.54, 1.807) is 6.26 Å². The fourth-order valence-electron chi connectivity index (χ4n) is 4.13. The molecule has 32 heavy (non-hydrogen) atoms. The summed E-state index contributed by atoms with van der Waals surface area (Å²) in [6.07, 6.45) is 2.33. The number of pyridine rings is 1. The minimum Gasteiger partial charge on any atom is -0.467 e. The number of ketones is 1. The molecule has 4 aromatic rings. The Kier molecular flexibility index (Phi) is 5.95. The molecule has 0 aliphatic heterocycles. The lowest BCUT2D eigenvalue weighted by molar-refractivity contribution is 0.0475. The predicted molar refractivity (Wildman–Crippen MR) is 122 cm³/mol. The van der Waals surface area contributed by atoms with Gasteiger partial charge in [-0.05, 0) is 57.0 Å². The number of esters is 1. The number of furan rings is 1. The van der Waals surface area contributed by atoms with Crippen molar-refractivity contribution in [2.24, 2.45) is 0 Å². The second-order valence-electron chi connectivity index (χ2n) is 7.88. The summed E-state index contributed by atoms with van der Waals surface area (Å²) in [6, 6.07) is 13.1. The first-order chi connectivity index (χ1) is 15.4. The topological polar surface area (TPSA) is 74.3 Å². The largest absolute Gasteiger partial charge is 0.467 e. The molecule has 0 spiro atoms. The number of nitrogens with zero attached hydrogens (tertiary/aromatic N) is 2. The molecule has 0 unspecified atom stereocenters. The molecule has 0 radical (unpaired) electrons. The fraction of sp³-hybridized carbons (Fsp3) is 0.269. The van der Waals surface area contributed by atoms with Crippen LogP contribution in [-0.4, -0.2) is 27.9 Å². The van der Waals surface area contributed by atoms with Crippen LogP contribution in [0.5, 0.6) is 0 Å². The van der Waals surface area contributed by atoms with Crippen molar-refractivity contribution < 1.29 is 18.7 Å². The third kappa shape index (κ3) is 3.96. The molecule has 0 atom stereocenters. The number of carbonyl (C=O) groups excluding carboxylic acids is 2. The molecule has 0 aliphatic rings. The number of aryl methyl sites for hydroxylation is 2. The second-order valence-corrected chi connectivity index (χ2v) is 7.88. The maximum atomic E-state index is 13.0. The molecule has 0 saturated carbocycles. The summed E-state index contributed by atoms with van der Waals surface area (Å²) in [6.45, 7) is 7.93. The van der Waals surface area contributed by atoms with Gasteiger partial charge in [-0.2, -0.15) is 0 Å². The number of Topliss-reactive ketones (excluding diaryl/α,β-unsaturated/α-hetero) is 1. The molecule has 3 heterocycles. The van der Waals surface area contributed by atoms with Crippen molar-refractivity contribution in [3.63, 3.8) is 0 Å². The molecule has 6 heteroatoms. The molecule has 4 rings (SSSR count). The maximum Gasteiger partial charge on any atom is 0.339 e. The van der Waals surface area contributed by atoms with Crippen LogP contribution in [0.3, 0.4) is 0 Å². The molecule has 0 aliphatic carbocycles. The standard InChI is InChI=1S/C26H26N2O4/c1-5-22-17(3)25(20-10-6-7-11-23(20)27-22)26(30)32-15-24(29)21-13-16(2)28(18(21)4)14-19-9-8-12-31-19/h6-13H,5,14-15H2,1-4H3. The van der Waals surface area contributed by atoms with Crippen LogP contribution < -0.4 is 0 Å². The summed E-state index contributed by atoms with van der Waals surface area (Å²) >= 11 is 0. The van der Waals surface area contributed by atoms with Crippen LogP contribution in [0.1, 0.15) is 56.0 Å². The van der Waals surface area contributed by atoms with Gasteiger partial charge in [-0.1, -0.05) is 25.1 Å². The van der Waals surface area contributed by atoms with Gasteiger partial charge in [-0.15, -0.1) is 0 Å². The monoisotopic (exact) mass is 430 g/mol. The normalized spacial score (nSPS) is 11.1. The van der Waals surface area contributed by atoms with Crippen molar-refractivity contribution in [1.82, 2.24) is 9.55 Å². The number of aromatic nitrogens is 2. The van der Waals surface area contributed by atoms with E-state index in [9.17, 15) is 9.59 Å². The number of hydrogen-bond acceptors (Lipinski definition) is 5. The van der Waals surface area contributed by atoms with Crippen molar-refractivity contribution in [1.29, 1.82) is 0 Å². The summed E-state index contributed by atoms with van der Waals surface area (Å²) in [5, 5.41) is 0.733. The Labute approximate surface area is 186 Å². The molecule has 6 nitrogen and oxygen atoms in total. The van der Waals surface area contributed by atoms with E-state index in [-0.39, 0.29) is 12.4 Å². The Bertz CT molecular complexity index is 1300. The third-order valence-electron chi connectivity index (χ3n) is 5.88. The SMILES string of the molecule is CCc1nc2ccccc2c(C(=O)OCC(=O)c2cc(C)n(Cc3ccco3)c2C)c1C. The van der Waals surface area contributed by atoms with Gasteiger partial charge in [0.2, 0.25) is 5.78 Å². The van der Waals surface area contributed by atoms with Crippen LogP contribution in [0.15, 0.2) is 53.1 Å². The zero-order chi connectivity index (χ0) is 22.8. The quantitative estimate of drug-likeness (QED) is 0.297. The van der Waals surface area contributed by atoms with E-state index in [0.717, 1.165) is 39.3 Å². The van der Waals surface area contributed by atoms with Crippen LogP contribution >= 0.6 is 0 Å². The Morgan fingerprint density at radius 1 is 1.09 bits per heavy atom. The summed E-state index contributed by atoms with van der Waals surface area (Å²) < 4.78 is 12.9. The van der Waals surface area contributed by atoms with Crippen molar-refractivity contribution in [3.05, 3.63) is 88.3 Å². The van der Waals surface area contributed by atoms with Gasteiger partial charge in [0.25, 0.3) is 0 Å². The van der Waals surface area contributed by atoms with E-state index in [1.807, 2.05) is 74.7 Å². The molecular weight excluding hydrogens is 404 g/mol.